The smallest absolute Gasteiger partial charge is 0.407 e. The number of imidazole rings is 1. The Morgan fingerprint density at radius 3 is 2.45 bits per heavy atom. The van der Waals surface area contributed by atoms with Crippen LogP contribution < -0.4 is 21.6 Å². The zero-order chi connectivity index (χ0) is 30.7. The fourth-order valence-corrected chi connectivity index (χ4v) is 3.73. The highest BCUT2D eigenvalue weighted by Crippen LogP contribution is 2.16. The van der Waals surface area contributed by atoms with Gasteiger partial charge in [-0.15, -0.1) is 0 Å². The van der Waals surface area contributed by atoms with Crippen molar-refractivity contribution in [3.8, 4) is 0 Å². The third-order valence-corrected chi connectivity index (χ3v) is 5.67. The van der Waals surface area contributed by atoms with Crippen LogP contribution >= 0.6 is 0 Å². The van der Waals surface area contributed by atoms with Crippen LogP contribution in [0.4, 0.5) is 15.4 Å². The van der Waals surface area contributed by atoms with Gasteiger partial charge in [-0.05, 0) is 33.3 Å². The highest BCUT2D eigenvalue weighted by Gasteiger charge is 2.19. The van der Waals surface area contributed by atoms with Gasteiger partial charge in [-0.2, -0.15) is 4.98 Å². The molecule has 0 spiro atoms. The molecule has 15 heteroatoms. The topological polar surface area (TPSA) is 190 Å². The lowest BCUT2D eigenvalue weighted by molar-refractivity contribution is -0.131. The first-order valence-corrected chi connectivity index (χ1v) is 13.4. The van der Waals surface area contributed by atoms with E-state index < -0.39 is 29.4 Å². The molecule has 0 unspecified atom stereocenters. The monoisotopic (exact) mass is 584 g/mol. The van der Waals surface area contributed by atoms with Gasteiger partial charge in [0.1, 0.15) is 30.1 Å². The molecule has 0 saturated carbocycles. The summed E-state index contributed by atoms with van der Waals surface area (Å²) in [6.07, 6.45) is -0.0102. The molecule has 0 aliphatic rings. The highest BCUT2D eigenvalue weighted by atomic mass is 16.6. The zero-order valence-corrected chi connectivity index (χ0v) is 24.1. The number of aromatic nitrogens is 4. The molecule has 42 heavy (non-hydrogen) atoms. The number of alkyl carbamates (subject to hydrolysis) is 2. The molecule has 4 N–H and O–H groups in total. The first-order valence-electron chi connectivity index (χ1n) is 13.4. The van der Waals surface area contributed by atoms with E-state index in [1.807, 2.05) is 30.3 Å². The maximum Gasteiger partial charge on any atom is 0.407 e. The van der Waals surface area contributed by atoms with Gasteiger partial charge in [0.05, 0.1) is 6.33 Å². The molecular formula is C27H36N8O7. The Morgan fingerprint density at radius 1 is 1.05 bits per heavy atom. The van der Waals surface area contributed by atoms with E-state index >= 15 is 0 Å². The highest BCUT2D eigenvalue weighted by molar-refractivity contribution is 5.97. The summed E-state index contributed by atoms with van der Waals surface area (Å²) >= 11 is 0. The second-order valence-corrected chi connectivity index (χ2v) is 10.2. The summed E-state index contributed by atoms with van der Waals surface area (Å²) in [6, 6.07) is 9.15. The quantitative estimate of drug-likeness (QED) is 0.246. The molecule has 226 valence electrons. The van der Waals surface area contributed by atoms with E-state index in [1.54, 1.807) is 27.7 Å². The van der Waals surface area contributed by atoms with E-state index in [-0.39, 0.29) is 62.1 Å². The number of nitrogens with zero attached hydrogens (tertiary/aromatic N) is 4. The molecule has 0 bridgehead atoms. The minimum absolute atomic E-state index is 0.00348. The van der Waals surface area contributed by atoms with Gasteiger partial charge >= 0.3 is 17.9 Å². The Hall–Kier alpha value is -4.95. The SMILES string of the molecule is CCN(CCNC(=O)OC(C)(C)C)C(=O)Cn1cnc2c(NC(=O)CCNC(=O)OCc3ccccc3)[nH]c(=O)nc21. The van der Waals surface area contributed by atoms with Crippen LogP contribution in [0.1, 0.15) is 39.7 Å². The molecule has 0 aliphatic heterocycles. The van der Waals surface area contributed by atoms with Gasteiger partial charge in [-0.25, -0.2) is 19.4 Å². The molecule has 0 atom stereocenters. The molecule has 0 fully saturated rings. The number of fused-ring (bicyclic) bond motifs is 1. The second kappa shape index (κ2) is 14.6. The van der Waals surface area contributed by atoms with E-state index in [0.717, 1.165) is 5.56 Å². The van der Waals surface area contributed by atoms with E-state index in [2.05, 4.69) is 30.9 Å². The van der Waals surface area contributed by atoms with Gasteiger partial charge in [0.25, 0.3) is 0 Å². The van der Waals surface area contributed by atoms with Crippen molar-refractivity contribution in [1.29, 1.82) is 0 Å². The Balaban J connectivity index is 1.53. The van der Waals surface area contributed by atoms with Crippen molar-refractivity contribution < 1.29 is 28.7 Å². The lowest BCUT2D eigenvalue weighted by atomic mass is 10.2. The van der Waals surface area contributed by atoms with Gasteiger partial charge in [0, 0.05) is 32.6 Å². The standard InChI is InChI=1S/C27H36N8O7/c1-5-34(14-13-29-26(40)42-27(2,3)4)20(37)15-35-17-30-21-22(32-24(38)33-23(21)35)31-19(36)11-12-28-25(39)41-16-18-9-7-6-8-10-18/h6-10,17H,5,11-16H2,1-4H3,(H,28,39)(H,29,40)(H2,31,32,33,36,38). The number of H-pyrrole nitrogens is 1. The van der Waals surface area contributed by atoms with Crippen molar-refractivity contribution >= 4 is 41.0 Å². The van der Waals surface area contributed by atoms with Crippen molar-refractivity contribution in [1.82, 2.24) is 35.1 Å². The van der Waals surface area contributed by atoms with Gasteiger partial charge < -0.3 is 34.9 Å². The number of benzene rings is 1. The van der Waals surface area contributed by atoms with Crippen LogP contribution in [0.2, 0.25) is 0 Å². The fourth-order valence-electron chi connectivity index (χ4n) is 3.73. The number of aromatic amines is 1. The summed E-state index contributed by atoms with van der Waals surface area (Å²) in [5, 5.41) is 7.67. The van der Waals surface area contributed by atoms with Crippen LogP contribution in [0.15, 0.2) is 41.5 Å². The summed E-state index contributed by atoms with van der Waals surface area (Å²) in [7, 11) is 0. The van der Waals surface area contributed by atoms with Gasteiger partial charge in [-0.1, -0.05) is 30.3 Å². The zero-order valence-electron chi connectivity index (χ0n) is 24.1. The third-order valence-electron chi connectivity index (χ3n) is 5.67. The Labute approximate surface area is 242 Å². The largest absolute Gasteiger partial charge is 0.445 e. The van der Waals surface area contributed by atoms with E-state index in [0.29, 0.717) is 6.54 Å². The molecule has 4 amide bonds. The Kier molecular flexibility index (Phi) is 11.0. The molecule has 3 aromatic rings. The third kappa shape index (κ3) is 9.91. The number of hydrogen-bond acceptors (Lipinski definition) is 9. The molecular weight excluding hydrogens is 548 g/mol. The summed E-state index contributed by atoms with van der Waals surface area (Å²) in [5.74, 6) is -0.774. The molecule has 0 radical (unpaired) electrons. The number of likely N-dealkylation sites (N-methyl/N-ethyl adjacent to an activating group) is 1. The lowest BCUT2D eigenvalue weighted by Crippen LogP contribution is -2.41. The van der Waals surface area contributed by atoms with E-state index in [9.17, 15) is 24.0 Å². The summed E-state index contributed by atoms with van der Waals surface area (Å²) in [6.45, 7) is 7.79. The van der Waals surface area contributed by atoms with E-state index in [1.165, 1.54) is 15.8 Å². The average molecular weight is 585 g/mol. The van der Waals surface area contributed by atoms with Crippen LogP contribution in [-0.2, 0) is 32.2 Å². The van der Waals surface area contributed by atoms with Crippen LogP contribution in [0.5, 0.6) is 0 Å². The lowest BCUT2D eigenvalue weighted by Gasteiger charge is -2.23. The van der Waals surface area contributed by atoms with Crippen molar-refractivity contribution in [2.24, 2.45) is 0 Å². The molecule has 3 rings (SSSR count). The Morgan fingerprint density at radius 2 is 1.76 bits per heavy atom. The van der Waals surface area contributed by atoms with Crippen molar-refractivity contribution in [2.45, 2.75) is 52.9 Å². The van der Waals surface area contributed by atoms with Crippen molar-refractivity contribution in [3.05, 3.63) is 52.7 Å². The van der Waals surface area contributed by atoms with Crippen molar-refractivity contribution in [3.63, 3.8) is 0 Å². The molecule has 0 aliphatic carbocycles. The maximum absolute atomic E-state index is 12.9. The normalized spacial score (nSPS) is 11.0. The molecule has 1 aromatic carbocycles. The molecule has 0 saturated heterocycles. The molecule has 15 nitrogen and oxygen atoms in total. The second-order valence-electron chi connectivity index (χ2n) is 10.2. The number of nitrogens with one attached hydrogen (secondary N) is 4. The molecule has 2 heterocycles. The fraction of sp³-hybridized carbons (Fsp3) is 0.444. The summed E-state index contributed by atoms with van der Waals surface area (Å²) in [5.41, 5.74) is -0.268. The number of amides is 4. The first-order chi connectivity index (χ1) is 19.9. The van der Waals surface area contributed by atoms with Crippen LogP contribution in [0.3, 0.4) is 0 Å². The Bertz CT molecular complexity index is 1450. The average Bonchev–Trinajstić information content (AvgIpc) is 3.31. The summed E-state index contributed by atoms with van der Waals surface area (Å²) < 4.78 is 11.7. The van der Waals surface area contributed by atoms with Crippen molar-refractivity contribution in [2.75, 3.05) is 31.5 Å². The van der Waals surface area contributed by atoms with Gasteiger partial charge in [0.2, 0.25) is 11.8 Å². The number of rotatable bonds is 12. The van der Waals surface area contributed by atoms with Crippen LogP contribution in [-0.4, -0.2) is 80.2 Å². The number of hydrogen-bond donors (Lipinski definition) is 4. The van der Waals surface area contributed by atoms with E-state index in [4.69, 9.17) is 9.47 Å². The summed E-state index contributed by atoms with van der Waals surface area (Å²) in [4.78, 5) is 73.5. The predicted octanol–water partition coefficient (Wildman–Crippen LogP) is 1.75. The number of carbonyl (C=O) groups excluding carboxylic acids is 4. The minimum Gasteiger partial charge on any atom is -0.445 e. The van der Waals surface area contributed by atoms with Gasteiger partial charge in [-0.3, -0.25) is 14.6 Å². The number of anilines is 1. The molecule has 2 aromatic heterocycles. The number of carbonyl (C=O) groups is 4. The maximum atomic E-state index is 12.9. The van der Waals surface area contributed by atoms with Crippen LogP contribution in [0.25, 0.3) is 11.2 Å². The first kappa shape index (κ1) is 31.6. The van der Waals surface area contributed by atoms with Gasteiger partial charge in [0.15, 0.2) is 5.65 Å². The minimum atomic E-state index is -0.747. The van der Waals surface area contributed by atoms with Crippen LogP contribution in [0, 0.1) is 0 Å². The predicted molar refractivity (Wildman–Crippen MR) is 153 cm³/mol. The number of ether oxygens (including phenoxy) is 2.